The fraction of sp³-hybridized carbons (Fsp3) is 0.818. The van der Waals surface area contributed by atoms with Gasteiger partial charge in [-0.05, 0) is 12.8 Å². The maximum Gasteiger partial charge on any atom is 0.0586 e. The highest BCUT2D eigenvalue weighted by Crippen LogP contribution is 2.27. The Morgan fingerprint density at radius 3 is 2.77 bits per heavy atom. The molecule has 13 heavy (non-hydrogen) atoms. The molecule has 2 nitrogen and oxygen atoms in total. The second-order valence-electron chi connectivity index (χ2n) is 4.23. The Kier molecular flexibility index (Phi) is 3.01. The lowest BCUT2D eigenvalue weighted by atomic mass is 9.90. The average Bonchev–Trinajstić information content (AvgIpc) is 2.56. The molecule has 0 spiro atoms. The third-order valence-corrected chi connectivity index (χ3v) is 3.31. The Morgan fingerprint density at radius 2 is 2.00 bits per heavy atom. The van der Waals surface area contributed by atoms with Crippen molar-refractivity contribution in [2.24, 2.45) is 5.92 Å². The number of nitrogens with one attached hydrogen (secondary N) is 1. The highest BCUT2D eigenvalue weighted by molar-refractivity contribution is 5.06. The zero-order valence-electron chi connectivity index (χ0n) is 8.08. The van der Waals surface area contributed by atoms with Crippen molar-refractivity contribution in [1.29, 1.82) is 0 Å². The topological polar surface area (TPSA) is 32.3 Å². The van der Waals surface area contributed by atoms with E-state index in [1.54, 1.807) is 0 Å². The third-order valence-electron chi connectivity index (χ3n) is 3.31. The fourth-order valence-electron chi connectivity index (χ4n) is 2.52. The van der Waals surface area contributed by atoms with Crippen LogP contribution in [0.15, 0.2) is 12.2 Å². The van der Waals surface area contributed by atoms with Crippen molar-refractivity contribution < 1.29 is 5.11 Å². The van der Waals surface area contributed by atoms with E-state index in [1.165, 1.54) is 25.7 Å². The number of hydrogen-bond acceptors (Lipinski definition) is 2. The van der Waals surface area contributed by atoms with Crippen LogP contribution in [0.3, 0.4) is 0 Å². The van der Waals surface area contributed by atoms with Crippen molar-refractivity contribution >= 4 is 0 Å². The minimum atomic E-state index is -0.0808. The molecule has 0 bridgehead atoms. The van der Waals surface area contributed by atoms with Gasteiger partial charge in [0.25, 0.3) is 0 Å². The quantitative estimate of drug-likeness (QED) is 0.474. The number of rotatable bonds is 1. The third kappa shape index (κ3) is 2.12. The van der Waals surface area contributed by atoms with Crippen LogP contribution in [0, 0.1) is 5.92 Å². The van der Waals surface area contributed by atoms with E-state index in [2.05, 4.69) is 17.5 Å². The summed E-state index contributed by atoms with van der Waals surface area (Å²) in [5, 5.41) is 13.3. The second kappa shape index (κ2) is 4.25. The Labute approximate surface area is 80.0 Å². The van der Waals surface area contributed by atoms with Gasteiger partial charge in [0.05, 0.1) is 6.10 Å². The lowest BCUT2D eigenvalue weighted by Crippen LogP contribution is -2.37. The van der Waals surface area contributed by atoms with Gasteiger partial charge in [-0.1, -0.05) is 31.4 Å². The molecule has 0 aromatic rings. The smallest absolute Gasteiger partial charge is 0.0586 e. The monoisotopic (exact) mass is 181 g/mol. The maximum absolute atomic E-state index is 9.94. The predicted molar refractivity (Wildman–Crippen MR) is 53.5 cm³/mol. The van der Waals surface area contributed by atoms with Crippen LogP contribution in [-0.4, -0.2) is 23.8 Å². The molecule has 1 aliphatic carbocycles. The molecule has 0 amide bonds. The Balaban J connectivity index is 1.97. The molecule has 0 saturated heterocycles. The molecular formula is C11H19NO. The summed E-state index contributed by atoms with van der Waals surface area (Å²) in [5.41, 5.74) is 0. The fourth-order valence-corrected chi connectivity index (χ4v) is 2.52. The van der Waals surface area contributed by atoms with Gasteiger partial charge in [-0.2, -0.15) is 0 Å². The van der Waals surface area contributed by atoms with Crippen LogP contribution in [0.25, 0.3) is 0 Å². The second-order valence-corrected chi connectivity index (χ2v) is 4.23. The maximum atomic E-state index is 9.94. The zero-order chi connectivity index (χ0) is 9.10. The summed E-state index contributed by atoms with van der Waals surface area (Å²) in [6.07, 6.45) is 10.3. The molecule has 74 valence electrons. The average molecular weight is 181 g/mol. The summed E-state index contributed by atoms with van der Waals surface area (Å²) in [4.78, 5) is 0. The summed E-state index contributed by atoms with van der Waals surface area (Å²) in [6.45, 7) is 0.980. The van der Waals surface area contributed by atoms with Gasteiger partial charge in [0.15, 0.2) is 0 Å². The lowest BCUT2D eigenvalue weighted by Gasteiger charge is -2.25. The molecule has 0 aromatic carbocycles. The van der Waals surface area contributed by atoms with Gasteiger partial charge in [-0.25, -0.2) is 0 Å². The van der Waals surface area contributed by atoms with Gasteiger partial charge < -0.3 is 10.4 Å². The molecule has 0 radical (unpaired) electrons. The first-order valence-electron chi connectivity index (χ1n) is 5.46. The first-order chi connectivity index (χ1) is 6.38. The van der Waals surface area contributed by atoms with Crippen molar-refractivity contribution in [3.05, 3.63) is 12.2 Å². The van der Waals surface area contributed by atoms with Crippen LogP contribution in [0.4, 0.5) is 0 Å². The van der Waals surface area contributed by atoms with E-state index < -0.39 is 0 Å². The minimum absolute atomic E-state index is 0.0808. The standard InChI is InChI=1S/C11H19NO/c13-11-7-3-1-2-5-9(11)10-6-4-8-12-10/h4,6,9-13H,1-3,5,7-8H2/t9-,10?,11+/m0/s1. The van der Waals surface area contributed by atoms with E-state index in [-0.39, 0.29) is 6.10 Å². The van der Waals surface area contributed by atoms with Gasteiger partial charge in [0.2, 0.25) is 0 Å². The van der Waals surface area contributed by atoms with Gasteiger partial charge in [0.1, 0.15) is 0 Å². The van der Waals surface area contributed by atoms with Gasteiger partial charge in [-0.15, -0.1) is 0 Å². The van der Waals surface area contributed by atoms with Crippen molar-refractivity contribution in [3.63, 3.8) is 0 Å². The van der Waals surface area contributed by atoms with Crippen molar-refractivity contribution in [2.45, 2.75) is 44.2 Å². The SMILES string of the molecule is O[C@@H]1CCCCC[C@H]1C1C=CCN1. The lowest BCUT2D eigenvalue weighted by molar-refractivity contribution is 0.0892. The van der Waals surface area contributed by atoms with Crippen LogP contribution in [0.5, 0.6) is 0 Å². The normalized spacial score (nSPS) is 40.5. The summed E-state index contributed by atoms with van der Waals surface area (Å²) in [5.74, 6) is 0.459. The molecule has 0 aromatic heterocycles. The van der Waals surface area contributed by atoms with Crippen molar-refractivity contribution in [2.75, 3.05) is 6.54 Å². The molecule has 2 aliphatic rings. The highest BCUT2D eigenvalue weighted by Gasteiger charge is 2.28. The Morgan fingerprint density at radius 1 is 1.15 bits per heavy atom. The van der Waals surface area contributed by atoms with E-state index in [4.69, 9.17) is 0 Å². The molecule has 1 heterocycles. The van der Waals surface area contributed by atoms with Crippen LogP contribution >= 0.6 is 0 Å². The Hall–Kier alpha value is -0.340. The first kappa shape index (κ1) is 9.22. The molecule has 3 atom stereocenters. The number of aliphatic hydroxyl groups excluding tert-OH is 1. The van der Waals surface area contributed by atoms with Crippen LogP contribution in [0.1, 0.15) is 32.1 Å². The number of hydrogen-bond donors (Lipinski definition) is 2. The summed E-state index contributed by atoms with van der Waals surface area (Å²) >= 11 is 0. The molecule has 2 heteroatoms. The zero-order valence-corrected chi connectivity index (χ0v) is 8.08. The van der Waals surface area contributed by atoms with Crippen LogP contribution < -0.4 is 5.32 Å². The molecule has 1 aliphatic heterocycles. The summed E-state index contributed by atoms with van der Waals surface area (Å²) < 4.78 is 0. The highest BCUT2D eigenvalue weighted by atomic mass is 16.3. The first-order valence-corrected chi connectivity index (χ1v) is 5.46. The number of aliphatic hydroxyl groups is 1. The molecule has 1 fully saturated rings. The minimum Gasteiger partial charge on any atom is -0.393 e. The molecule has 2 N–H and O–H groups in total. The molecule has 1 unspecified atom stereocenters. The van der Waals surface area contributed by atoms with Crippen molar-refractivity contribution in [3.8, 4) is 0 Å². The van der Waals surface area contributed by atoms with Gasteiger partial charge in [0, 0.05) is 18.5 Å². The van der Waals surface area contributed by atoms with E-state index in [9.17, 15) is 5.11 Å². The van der Waals surface area contributed by atoms with Gasteiger partial charge >= 0.3 is 0 Å². The molecular weight excluding hydrogens is 162 g/mol. The van der Waals surface area contributed by atoms with Gasteiger partial charge in [-0.3, -0.25) is 0 Å². The molecule has 2 rings (SSSR count). The summed E-state index contributed by atoms with van der Waals surface area (Å²) in [6, 6.07) is 0.438. The van der Waals surface area contributed by atoms with E-state index in [0.29, 0.717) is 12.0 Å². The van der Waals surface area contributed by atoms with E-state index >= 15 is 0 Å². The van der Waals surface area contributed by atoms with Crippen molar-refractivity contribution in [1.82, 2.24) is 5.32 Å². The predicted octanol–water partition coefficient (Wildman–Crippen LogP) is 1.46. The summed E-state index contributed by atoms with van der Waals surface area (Å²) in [7, 11) is 0. The van der Waals surface area contributed by atoms with Crippen LogP contribution in [-0.2, 0) is 0 Å². The van der Waals surface area contributed by atoms with E-state index in [1.807, 2.05) is 0 Å². The molecule has 1 saturated carbocycles. The van der Waals surface area contributed by atoms with E-state index in [0.717, 1.165) is 13.0 Å². The van der Waals surface area contributed by atoms with Crippen LogP contribution in [0.2, 0.25) is 0 Å². The Bertz CT molecular complexity index is 191. The largest absolute Gasteiger partial charge is 0.393 e.